The fraction of sp³-hybridized carbons (Fsp3) is 0.917. The van der Waals surface area contributed by atoms with Crippen LogP contribution in [0.25, 0.3) is 0 Å². The van der Waals surface area contributed by atoms with Crippen molar-refractivity contribution in [1.29, 1.82) is 0 Å². The fourth-order valence-corrected chi connectivity index (χ4v) is 1.69. The molecule has 0 saturated heterocycles. The maximum Gasteiger partial charge on any atom is 0.307 e. The van der Waals surface area contributed by atoms with E-state index >= 15 is 0 Å². The summed E-state index contributed by atoms with van der Waals surface area (Å²) in [5.41, 5.74) is 5.75. The SMILES string of the molecule is CCCN(CC(C)C(=O)O)CC(C)(C)CN. The summed E-state index contributed by atoms with van der Waals surface area (Å²) < 4.78 is 0. The number of carboxylic acids is 1. The highest BCUT2D eigenvalue weighted by Crippen LogP contribution is 2.16. The van der Waals surface area contributed by atoms with E-state index in [0.717, 1.165) is 19.5 Å². The van der Waals surface area contributed by atoms with Crippen molar-refractivity contribution in [2.45, 2.75) is 34.1 Å². The highest BCUT2D eigenvalue weighted by Gasteiger charge is 2.22. The Bertz CT molecular complexity index is 217. The van der Waals surface area contributed by atoms with E-state index in [2.05, 4.69) is 25.7 Å². The molecular formula is C12H26N2O2. The van der Waals surface area contributed by atoms with Crippen LogP contribution in [0, 0.1) is 11.3 Å². The maximum absolute atomic E-state index is 10.8. The van der Waals surface area contributed by atoms with Gasteiger partial charge in [0.05, 0.1) is 5.92 Å². The second-order valence-electron chi connectivity index (χ2n) is 5.34. The lowest BCUT2D eigenvalue weighted by atomic mass is 9.92. The van der Waals surface area contributed by atoms with Crippen LogP contribution < -0.4 is 5.73 Å². The molecule has 16 heavy (non-hydrogen) atoms. The monoisotopic (exact) mass is 230 g/mol. The number of nitrogens with two attached hydrogens (primary N) is 1. The molecule has 0 radical (unpaired) electrons. The molecule has 0 aliphatic carbocycles. The van der Waals surface area contributed by atoms with Crippen molar-refractivity contribution in [3.8, 4) is 0 Å². The molecule has 0 aliphatic rings. The van der Waals surface area contributed by atoms with Crippen molar-refractivity contribution in [3.63, 3.8) is 0 Å². The highest BCUT2D eigenvalue weighted by atomic mass is 16.4. The van der Waals surface area contributed by atoms with Crippen LogP contribution in [0.1, 0.15) is 34.1 Å². The van der Waals surface area contributed by atoms with E-state index in [0.29, 0.717) is 13.1 Å². The molecule has 0 amide bonds. The van der Waals surface area contributed by atoms with Crippen LogP contribution >= 0.6 is 0 Å². The predicted molar refractivity (Wildman–Crippen MR) is 66.4 cm³/mol. The van der Waals surface area contributed by atoms with Gasteiger partial charge in [0.25, 0.3) is 0 Å². The first-order valence-electron chi connectivity index (χ1n) is 5.97. The van der Waals surface area contributed by atoms with E-state index in [1.165, 1.54) is 0 Å². The van der Waals surface area contributed by atoms with Gasteiger partial charge in [-0.15, -0.1) is 0 Å². The van der Waals surface area contributed by atoms with Crippen LogP contribution in [0.2, 0.25) is 0 Å². The van der Waals surface area contributed by atoms with Gasteiger partial charge in [0.15, 0.2) is 0 Å². The van der Waals surface area contributed by atoms with Gasteiger partial charge in [-0.1, -0.05) is 27.7 Å². The number of carboxylic acid groups (broad SMARTS) is 1. The van der Waals surface area contributed by atoms with E-state index in [-0.39, 0.29) is 11.3 Å². The largest absolute Gasteiger partial charge is 0.481 e. The average Bonchev–Trinajstić information content (AvgIpc) is 2.17. The number of carbonyl (C=O) groups is 1. The second kappa shape index (κ2) is 6.86. The Morgan fingerprint density at radius 3 is 2.44 bits per heavy atom. The first-order valence-corrected chi connectivity index (χ1v) is 5.97. The molecule has 0 saturated carbocycles. The third-order valence-electron chi connectivity index (χ3n) is 2.70. The zero-order chi connectivity index (χ0) is 12.8. The first-order chi connectivity index (χ1) is 7.32. The number of hydrogen-bond donors (Lipinski definition) is 2. The van der Waals surface area contributed by atoms with Gasteiger partial charge in [-0.25, -0.2) is 0 Å². The minimum Gasteiger partial charge on any atom is -0.481 e. The maximum atomic E-state index is 10.8. The standard InChI is InChI=1S/C12H26N2O2/c1-5-6-14(7-10(2)11(15)16)9-12(3,4)8-13/h10H,5-9,13H2,1-4H3,(H,15,16). The molecule has 0 fully saturated rings. The number of nitrogens with zero attached hydrogens (tertiary/aromatic N) is 1. The van der Waals surface area contributed by atoms with Gasteiger partial charge >= 0.3 is 5.97 Å². The van der Waals surface area contributed by atoms with Crippen molar-refractivity contribution in [2.75, 3.05) is 26.2 Å². The molecule has 4 heteroatoms. The molecule has 4 nitrogen and oxygen atoms in total. The van der Waals surface area contributed by atoms with E-state index in [4.69, 9.17) is 10.8 Å². The summed E-state index contributed by atoms with van der Waals surface area (Å²) in [5, 5.41) is 8.90. The molecule has 96 valence electrons. The van der Waals surface area contributed by atoms with Gasteiger partial charge in [-0.2, -0.15) is 0 Å². The highest BCUT2D eigenvalue weighted by molar-refractivity contribution is 5.69. The smallest absolute Gasteiger partial charge is 0.307 e. The summed E-state index contributed by atoms with van der Waals surface area (Å²) in [5.74, 6) is -1.05. The lowest BCUT2D eigenvalue weighted by molar-refractivity contribution is -0.141. The van der Waals surface area contributed by atoms with Crippen molar-refractivity contribution in [1.82, 2.24) is 4.90 Å². The molecule has 0 aromatic carbocycles. The zero-order valence-corrected chi connectivity index (χ0v) is 11.0. The van der Waals surface area contributed by atoms with Crippen LogP contribution in [0.5, 0.6) is 0 Å². The molecule has 0 aliphatic heterocycles. The molecule has 0 aromatic rings. The Balaban J connectivity index is 4.32. The predicted octanol–water partition coefficient (Wildman–Crippen LogP) is 1.40. The lowest BCUT2D eigenvalue weighted by Crippen LogP contribution is -2.42. The molecule has 0 spiro atoms. The van der Waals surface area contributed by atoms with Crippen molar-refractivity contribution in [3.05, 3.63) is 0 Å². The summed E-state index contributed by atoms with van der Waals surface area (Å²) in [6, 6.07) is 0. The summed E-state index contributed by atoms with van der Waals surface area (Å²) in [7, 11) is 0. The number of aliphatic carboxylic acids is 1. The summed E-state index contributed by atoms with van der Waals surface area (Å²) in [4.78, 5) is 13.0. The molecule has 1 unspecified atom stereocenters. The Kier molecular flexibility index (Phi) is 6.60. The number of rotatable bonds is 8. The normalized spacial score (nSPS) is 14.1. The van der Waals surface area contributed by atoms with Crippen LogP contribution in [-0.4, -0.2) is 42.2 Å². The van der Waals surface area contributed by atoms with Crippen molar-refractivity contribution < 1.29 is 9.90 Å². The van der Waals surface area contributed by atoms with E-state index in [1.54, 1.807) is 6.92 Å². The Labute approximate surface area is 98.8 Å². The zero-order valence-electron chi connectivity index (χ0n) is 11.0. The topological polar surface area (TPSA) is 66.6 Å². The van der Waals surface area contributed by atoms with Crippen molar-refractivity contribution in [2.24, 2.45) is 17.1 Å². The van der Waals surface area contributed by atoms with Gasteiger partial charge < -0.3 is 15.7 Å². The van der Waals surface area contributed by atoms with Gasteiger partial charge in [0.1, 0.15) is 0 Å². The summed E-state index contributed by atoms with van der Waals surface area (Å²) in [6.07, 6.45) is 1.03. The van der Waals surface area contributed by atoms with Gasteiger partial charge in [0.2, 0.25) is 0 Å². The Morgan fingerprint density at radius 1 is 1.50 bits per heavy atom. The molecule has 0 heterocycles. The van der Waals surface area contributed by atoms with Crippen LogP contribution in [-0.2, 0) is 4.79 Å². The number of hydrogen-bond acceptors (Lipinski definition) is 3. The Hall–Kier alpha value is -0.610. The van der Waals surface area contributed by atoms with Gasteiger partial charge in [0, 0.05) is 13.1 Å². The molecule has 1 atom stereocenters. The van der Waals surface area contributed by atoms with Gasteiger partial charge in [-0.3, -0.25) is 4.79 Å². The summed E-state index contributed by atoms with van der Waals surface area (Å²) in [6.45, 7) is 11.1. The minimum atomic E-state index is -0.730. The van der Waals surface area contributed by atoms with Gasteiger partial charge in [-0.05, 0) is 24.9 Å². The van der Waals surface area contributed by atoms with E-state index in [1.807, 2.05) is 0 Å². The third-order valence-corrected chi connectivity index (χ3v) is 2.70. The third kappa shape index (κ3) is 6.08. The average molecular weight is 230 g/mol. The van der Waals surface area contributed by atoms with Crippen molar-refractivity contribution >= 4 is 5.97 Å². The molecule has 3 N–H and O–H groups in total. The Morgan fingerprint density at radius 2 is 2.06 bits per heavy atom. The first kappa shape index (κ1) is 15.4. The molecule has 0 bridgehead atoms. The fourth-order valence-electron chi connectivity index (χ4n) is 1.69. The molecular weight excluding hydrogens is 204 g/mol. The second-order valence-corrected chi connectivity index (χ2v) is 5.34. The van der Waals surface area contributed by atoms with E-state index in [9.17, 15) is 4.79 Å². The lowest BCUT2D eigenvalue weighted by Gasteiger charge is -2.32. The minimum absolute atomic E-state index is 0.0490. The molecule has 0 rings (SSSR count). The van der Waals surface area contributed by atoms with Crippen LogP contribution in [0.3, 0.4) is 0 Å². The van der Waals surface area contributed by atoms with Crippen LogP contribution in [0.4, 0.5) is 0 Å². The molecule has 0 aromatic heterocycles. The van der Waals surface area contributed by atoms with Crippen LogP contribution in [0.15, 0.2) is 0 Å². The summed E-state index contributed by atoms with van der Waals surface area (Å²) >= 11 is 0. The quantitative estimate of drug-likeness (QED) is 0.661. The van der Waals surface area contributed by atoms with E-state index < -0.39 is 5.97 Å².